The first-order chi connectivity index (χ1) is 11.3. The number of hydrogen-bond acceptors (Lipinski definition) is 3. The summed E-state index contributed by atoms with van der Waals surface area (Å²) in [6.07, 6.45) is 1.92. The van der Waals surface area contributed by atoms with E-state index in [1.54, 1.807) is 0 Å². The Morgan fingerprint density at radius 1 is 1.39 bits per heavy atom. The number of fused-ring (bicyclic) bond motifs is 3. The maximum atomic E-state index is 12.4. The lowest BCUT2D eigenvalue weighted by Crippen LogP contribution is -2.38. The summed E-state index contributed by atoms with van der Waals surface area (Å²) in [5, 5.41) is 1.23. The summed E-state index contributed by atoms with van der Waals surface area (Å²) in [6.45, 7) is 3.81. The van der Waals surface area contributed by atoms with Crippen LogP contribution in [0.5, 0.6) is 0 Å². The number of ether oxygens (including phenoxy) is 2. The van der Waals surface area contributed by atoms with Crippen molar-refractivity contribution in [2.75, 3.05) is 33.0 Å². The summed E-state index contributed by atoms with van der Waals surface area (Å²) in [5.41, 5.74) is 3.67. The Hall–Kier alpha value is -1.85. The van der Waals surface area contributed by atoms with E-state index >= 15 is 0 Å². The summed E-state index contributed by atoms with van der Waals surface area (Å²) < 4.78 is 10.9. The molecule has 0 bridgehead atoms. The van der Waals surface area contributed by atoms with E-state index in [-0.39, 0.29) is 12.5 Å². The third-order valence-corrected chi connectivity index (χ3v) is 4.84. The van der Waals surface area contributed by atoms with Crippen molar-refractivity contribution in [3.8, 4) is 0 Å². The van der Waals surface area contributed by atoms with Gasteiger partial charge in [0.05, 0.1) is 13.2 Å². The van der Waals surface area contributed by atoms with Crippen molar-refractivity contribution in [2.45, 2.75) is 19.4 Å². The van der Waals surface area contributed by atoms with E-state index in [1.807, 2.05) is 17.0 Å². The molecule has 1 fully saturated rings. The SMILES string of the molecule is O=C(COCC1CCOC1)N1CCc2[nH]c3ccccc3c2C1. The number of hydrogen-bond donors (Lipinski definition) is 1. The van der Waals surface area contributed by atoms with Gasteiger partial charge < -0.3 is 19.4 Å². The number of aromatic nitrogens is 1. The molecule has 1 aromatic carbocycles. The zero-order valence-corrected chi connectivity index (χ0v) is 13.2. The molecule has 5 nitrogen and oxygen atoms in total. The second-order valence-electron chi connectivity index (χ2n) is 6.44. The van der Waals surface area contributed by atoms with Gasteiger partial charge in [-0.3, -0.25) is 4.79 Å². The fraction of sp³-hybridized carbons (Fsp3) is 0.500. The van der Waals surface area contributed by atoms with Gasteiger partial charge in [0.15, 0.2) is 0 Å². The second kappa shape index (κ2) is 6.34. The molecule has 23 heavy (non-hydrogen) atoms. The summed E-state index contributed by atoms with van der Waals surface area (Å²) in [5.74, 6) is 0.532. The quantitative estimate of drug-likeness (QED) is 0.940. The van der Waals surface area contributed by atoms with Gasteiger partial charge >= 0.3 is 0 Å². The van der Waals surface area contributed by atoms with E-state index in [0.717, 1.165) is 38.1 Å². The Labute approximate surface area is 135 Å². The molecule has 1 unspecified atom stereocenters. The van der Waals surface area contributed by atoms with Gasteiger partial charge in [0.1, 0.15) is 6.61 Å². The van der Waals surface area contributed by atoms with Crippen LogP contribution in [-0.2, 0) is 27.2 Å². The first kappa shape index (κ1) is 14.7. The van der Waals surface area contributed by atoms with Gasteiger partial charge in [-0.1, -0.05) is 18.2 Å². The molecule has 4 rings (SSSR count). The smallest absolute Gasteiger partial charge is 0.248 e. The topological polar surface area (TPSA) is 54.6 Å². The molecule has 0 saturated carbocycles. The fourth-order valence-corrected chi connectivity index (χ4v) is 3.50. The monoisotopic (exact) mass is 314 g/mol. The van der Waals surface area contributed by atoms with Crippen LogP contribution in [0.15, 0.2) is 24.3 Å². The number of aromatic amines is 1. The molecular weight excluding hydrogens is 292 g/mol. The highest BCUT2D eigenvalue weighted by molar-refractivity contribution is 5.86. The molecule has 2 aliphatic heterocycles. The average molecular weight is 314 g/mol. The Balaban J connectivity index is 1.38. The molecule has 1 saturated heterocycles. The molecule has 0 spiro atoms. The minimum absolute atomic E-state index is 0.0832. The molecule has 2 aromatic rings. The zero-order valence-electron chi connectivity index (χ0n) is 13.2. The maximum Gasteiger partial charge on any atom is 0.248 e. The number of rotatable bonds is 4. The van der Waals surface area contributed by atoms with Crippen molar-refractivity contribution in [3.05, 3.63) is 35.5 Å². The third-order valence-electron chi connectivity index (χ3n) is 4.84. The van der Waals surface area contributed by atoms with Gasteiger partial charge in [-0.05, 0) is 12.5 Å². The van der Waals surface area contributed by atoms with Gasteiger partial charge in [-0.2, -0.15) is 0 Å². The zero-order chi connectivity index (χ0) is 15.6. The van der Waals surface area contributed by atoms with Crippen LogP contribution in [0.4, 0.5) is 0 Å². The van der Waals surface area contributed by atoms with Gasteiger partial charge in [0.2, 0.25) is 5.91 Å². The number of nitrogens with zero attached hydrogens (tertiary/aromatic N) is 1. The lowest BCUT2D eigenvalue weighted by Gasteiger charge is -2.27. The van der Waals surface area contributed by atoms with E-state index in [4.69, 9.17) is 9.47 Å². The fourth-order valence-electron chi connectivity index (χ4n) is 3.50. The van der Waals surface area contributed by atoms with Crippen LogP contribution in [0.25, 0.3) is 10.9 Å². The molecular formula is C18H22N2O3. The minimum Gasteiger partial charge on any atom is -0.381 e. The minimum atomic E-state index is 0.0832. The van der Waals surface area contributed by atoms with Crippen LogP contribution in [0.2, 0.25) is 0 Å². The summed E-state index contributed by atoms with van der Waals surface area (Å²) in [6, 6.07) is 8.29. The number of carbonyl (C=O) groups excluding carboxylic acids is 1. The molecule has 5 heteroatoms. The molecule has 1 amide bonds. The lowest BCUT2D eigenvalue weighted by molar-refractivity contribution is -0.137. The molecule has 122 valence electrons. The molecule has 0 radical (unpaired) electrons. The molecule has 0 aliphatic carbocycles. The van der Waals surface area contributed by atoms with Gasteiger partial charge in [0, 0.05) is 54.2 Å². The van der Waals surface area contributed by atoms with Crippen molar-refractivity contribution < 1.29 is 14.3 Å². The van der Waals surface area contributed by atoms with Crippen LogP contribution in [0.3, 0.4) is 0 Å². The molecule has 1 atom stereocenters. The van der Waals surface area contributed by atoms with Crippen molar-refractivity contribution in [2.24, 2.45) is 5.92 Å². The normalized spacial score (nSPS) is 20.9. The van der Waals surface area contributed by atoms with Gasteiger partial charge in [0.25, 0.3) is 0 Å². The largest absolute Gasteiger partial charge is 0.381 e. The maximum absolute atomic E-state index is 12.4. The second-order valence-corrected chi connectivity index (χ2v) is 6.44. The van der Waals surface area contributed by atoms with E-state index in [1.165, 1.54) is 16.6 Å². The molecule has 2 aliphatic rings. The Morgan fingerprint density at radius 2 is 2.30 bits per heavy atom. The highest BCUT2D eigenvalue weighted by atomic mass is 16.5. The van der Waals surface area contributed by atoms with Gasteiger partial charge in [-0.25, -0.2) is 0 Å². The number of para-hydroxylation sites is 1. The van der Waals surface area contributed by atoms with Crippen molar-refractivity contribution >= 4 is 16.8 Å². The van der Waals surface area contributed by atoms with E-state index < -0.39 is 0 Å². The predicted molar refractivity (Wildman–Crippen MR) is 87.2 cm³/mol. The van der Waals surface area contributed by atoms with Crippen molar-refractivity contribution in [3.63, 3.8) is 0 Å². The number of carbonyl (C=O) groups is 1. The average Bonchev–Trinajstić information content (AvgIpc) is 3.21. The molecule has 1 N–H and O–H groups in total. The Bertz CT molecular complexity index is 703. The highest BCUT2D eigenvalue weighted by Gasteiger charge is 2.24. The molecule has 1 aromatic heterocycles. The Kier molecular flexibility index (Phi) is 4.06. The van der Waals surface area contributed by atoms with Crippen LogP contribution in [0.1, 0.15) is 17.7 Å². The highest BCUT2D eigenvalue weighted by Crippen LogP contribution is 2.27. The molecule has 3 heterocycles. The van der Waals surface area contributed by atoms with Crippen LogP contribution in [-0.4, -0.2) is 48.8 Å². The van der Waals surface area contributed by atoms with Crippen LogP contribution >= 0.6 is 0 Å². The number of amides is 1. The summed E-state index contributed by atoms with van der Waals surface area (Å²) >= 11 is 0. The standard InChI is InChI=1S/C18H22N2O3/c21-18(12-23-11-13-6-8-22-10-13)20-7-5-17-15(9-20)14-3-1-2-4-16(14)19-17/h1-4,13,19H,5-12H2. The number of nitrogens with one attached hydrogen (secondary N) is 1. The number of H-pyrrole nitrogens is 1. The third kappa shape index (κ3) is 2.99. The van der Waals surface area contributed by atoms with Crippen LogP contribution in [0, 0.1) is 5.92 Å². The summed E-state index contributed by atoms with van der Waals surface area (Å²) in [7, 11) is 0. The summed E-state index contributed by atoms with van der Waals surface area (Å²) in [4.78, 5) is 17.8. The first-order valence-corrected chi connectivity index (χ1v) is 8.33. The van der Waals surface area contributed by atoms with Gasteiger partial charge in [-0.15, -0.1) is 0 Å². The van der Waals surface area contributed by atoms with Crippen LogP contribution < -0.4 is 0 Å². The first-order valence-electron chi connectivity index (χ1n) is 8.33. The van der Waals surface area contributed by atoms with Crippen molar-refractivity contribution in [1.29, 1.82) is 0 Å². The number of benzene rings is 1. The Morgan fingerprint density at radius 3 is 3.17 bits per heavy atom. The van der Waals surface area contributed by atoms with E-state index in [9.17, 15) is 4.79 Å². The predicted octanol–water partition coefficient (Wildman–Crippen LogP) is 2.11. The van der Waals surface area contributed by atoms with Crippen molar-refractivity contribution in [1.82, 2.24) is 9.88 Å². The van der Waals surface area contributed by atoms with E-state index in [2.05, 4.69) is 17.1 Å². The lowest BCUT2D eigenvalue weighted by atomic mass is 10.0. The van der Waals surface area contributed by atoms with E-state index in [0.29, 0.717) is 19.1 Å².